The Labute approximate surface area is 141 Å². The van der Waals surface area contributed by atoms with Gasteiger partial charge in [-0.25, -0.2) is 0 Å². The molecule has 0 fully saturated rings. The van der Waals surface area contributed by atoms with E-state index in [1.165, 1.54) is 7.11 Å². The molecule has 0 aromatic heterocycles. The normalized spacial score (nSPS) is 13.4. The second kappa shape index (κ2) is 8.45. The first-order valence-corrected chi connectivity index (χ1v) is 7.98. The second-order valence-corrected chi connectivity index (χ2v) is 6.02. The number of hydrogen-bond donors (Lipinski definition) is 2. The van der Waals surface area contributed by atoms with Gasteiger partial charge in [-0.15, -0.1) is 0 Å². The Morgan fingerprint density at radius 1 is 1.17 bits per heavy atom. The van der Waals surface area contributed by atoms with Crippen molar-refractivity contribution in [3.8, 4) is 0 Å². The van der Waals surface area contributed by atoms with Crippen molar-refractivity contribution in [3.05, 3.63) is 48.0 Å². The summed E-state index contributed by atoms with van der Waals surface area (Å²) in [6, 6.07) is 13.9. The summed E-state index contributed by atoms with van der Waals surface area (Å²) in [6.07, 6.45) is 0.374. The summed E-state index contributed by atoms with van der Waals surface area (Å²) in [5.74, 6) is -2.07. The zero-order chi connectivity index (χ0) is 17.5. The smallest absolute Gasteiger partial charge is 0.308 e. The number of rotatable bonds is 8. The van der Waals surface area contributed by atoms with Gasteiger partial charge in [-0.2, -0.15) is 0 Å². The number of nitrogens with one attached hydrogen (secondary N) is 1. The van der Waals surface area contributed by atoms with Gasteiger partial charge in [0.05, 0.1) is 18.4 Å². The first kappa shape index (κ1) is 17.9. The number of carboxylic acids is 1. The van der Waals surface area contributed by atoms with Gasteiger partial charge in [-0.1, -0.05) is 49.4 Å². The Morgan fingerprint density at radius 2 is 1.88 bits per heavy atom. The Morgan fingerprint density at radius 3 is 2.54 bits per heavy atom. The molecule has 0 heterocycles. The molecule has 2 N–H and O–H groups in total. The Hall–Kier alpha value is -2.40. The van der Waals surface area contributed by atoms with E-state index in [-0.39, 0.29) is 18.4 Å². The molecule has 2 unspecified atom stereocenters. The minimum absolute atomic E-state index is 0.106. The molecule has 0 bridgehead atoms. The largest absolute Gasteiger partial charge is 0.481 e. The zero-order valence-corrected chi connectivity index (χ0v) is 14.0. The monoisotopic (exact) mass is 329 g/mol. The molecular weight excluding hydrogens is 306 g/mol. The maximum absolute atomic E-state index is 11.9. The van der Waals surface area contributed by atoms with Gasteiger partial charge in [-0.3, -0.25) is 9.59 Å². The van der Waals surface area contributed by atoms with E-state index in [9.17, 15) is 14.7 Å². The number of methoxy groups -OCH3 is 1. The van der Waals surface area contributed by atoms with Crippen LogP contribution in [-0.4, -0.2) is 37.2 Å². The SMILES string of the molecule is COCC(C)C(=O)NCC(Cc1ccc2ccccc2c1)C(=O)O. The quantitative estimate of drug-likeness (QED) is 0.780. The maximum Gasteiger partial charge on any atom is 0.308 e. The van der Waals surface area contributed by atoms with Crippen molar-refractivity contribution in [1.29, 1.82) is 0 Å². The summed E-state index contributed by atoms with van der Waals surface area (Å²) < 4.78 is 4.94. The summed E-state index contributed by atoms with van der Waals surface area (Å²) in [5.41, 5.74) is 0.945. The molecule has 0 saturated heterocycles. The average molecular weight is 329 g/mol. The molecule has 0 aliphatic heterocycles. The van der Waals surface area contributed by atoms with Crippen molar-refractivity contribution < 1.29 is 19.4 Å². The maximum atomic E-state index is 11.9. The number of carbonyl (C=O) groups is 2. The number of fused-ring (bicyclic) bond motifs is 1. The number of benzene rings is 2. The molecule has 5 nitrogen and oxygen atoms in total. The minimum Gasteiger partial charge on any atom is -0.481 e. The van der Waals surface area contributed by atoms with Gasteiger partial charge < -0.3 is 15.2 Å². The van der Waals surface area contributed by atoms with E-state index < -0.39 is 11.9 Å². The van der Waals surface area contributed by atoms with Gasteiger partial charge >= 0.3 is 5.97 Å². The molecule has 2 atom stereocenters. The number of hydrogen-bond acceptors (Lipinski definition) is 3. The lowest BCUT2D eigenvalue weighted by Gasteiger charge is -2.16. The first-order chi connectivity index (χ1) is 11.5. The third kappa shape index (κ3) is 4.80. The fourth-order valence-corrected chi connectivity index (χ4v) is 2.62. The summed E-state index contributed by atoms with van der Waals surface area (Å²) in [5, 5.41) is 14.3. The third-order valence-corrected chi connectivity index (χ3v) is 4.03. The van der Waals surface area contributed by atoms with E-state index >= 15 is 0 Å². The van der Waals surface area contributed by atoms with Crippen LogP contribution in [-0.2, 0) is 20.7 Å². The van der Waals surface area contributed by atoms with Crippen LogP contribution < -0.4 is 5.32 Å². The summed E-state index contributed by atoms with van der Waals surface area (Å²) in [6.45, 7) is 2.17. The van der Waals surface area contributed by atoms with Gasteiger partial charge in [0.25, 0.3) is 0 Å². The molecule has 1 amide bonds. The van der Waals surface area contributed by atoms with Crippen molar-refractivity contribution in [1.82, 2.24) is 5.32 Å². The van der Waals surface area contributed by atoms with Crippen molar-refractivity contribution >= 4 is 22.6 Å². The van der Waals surface area contributed by atoms with Gasteiger partial charge in [0.2, 0.25) is 5.91 Å². The fraction of sp³-hybridized carbons (Fsp3) is 0.368. The highest BCUT2D eigenvalue weighted by molar-refractivity contribution is 5.83. The molecule has 5 heteroatoms. The highest BCUT2D eigenvalue weighted by Crippen LogP contribution is 2.18. The van der Waals surface area contributed by atoms with Crippen LogP contribution in [0.15, 0.2) is 42.5 Å². The van der Waals surface area contributed by atoms with Gasteiger partial charge in [0.15, 0.2) is 0 Å². The third-order valence-electron chi connectivity index (χ3n) is 4.03. The van der Waals surface area contributed by atoms with Crippen molar-refractivity contribution in [2.45, 2.75) is 13.3 Å². The van der Waals surface area contributed by atoms with Crippen LogP contribution in [0.5, 0.6) is 0 Å². The highest BCUT2D eigenvalue weighted by Gasteiger charge is 2.21. The predicted molar refractivity (Wildman–Crippen MR) is 92.8 cm³/mol. The van der Waals surface area contributed by atoms with Crippen molar-refractivity contribution in [3.63, 3.8) is 0 Å². The molecule has 24 heavy (non-hydrogen) atoms. The van der Waals surface area contributed by atoms with Crippen molar-refractivity contribution in [2.75, 3.05) is 20.3 Å². The van der Waals surface area contributed by atoms with Gasteiger partial charge in [-0.05, 0) is 22.8 Å². The summed E-state index contributed by atoms with van der Waals surface area (Å²) in [7, 11) is 1.53. The van der Waals surface area contributed by atoms with Crippen LogP contribution in [0.1, 0.15) is 12.5 Å². The van der Waals surface area contributed by atoms with E-state index in [1.54, 1.807) is 6.92 Å². The standard InChI is InChI=1S/C19H23NO4/c1-13(12-24-2)18(21)20-11-17(19(22)23)10-14-7-8-15-5-3-4-6-16(15)9-14/h3-9,13,17H,10-12H2,1-2H3,(H,20,21)(H,22,23). The topological polar surface area (TPSA) is 75.6 Å². The molecule has 2 rings (SSSR count). The molecule has 0 saturated carbocycles. The molecule has 0 radical (unpaired) electrons. The molecule has 0 aliphatic rings. The van der Waals surface area contributed by atoms with E-state index in [4.69, 9.17) is 4.74 Å². The molecule has 2 aromatic rings. The van der Waals surface area contributed by atoms with E-state index in [2.05, 4.69) is 5.32 Å². The number of aliphatic carboxylic acids is 1. The lowest BCUT2D eigenvalue weighted by molar-refractivity contribution is -0.141. The van der Waals surface area contributed by atoms with Gasteiger partial charge in [0, 0.05) is 13.7 Å². The highest BCUT2D eigenvalue weighted by atomic mass is 16.5. The molecular formula is C19H23NO4. The number of carbonyl (C=O) groups excluding carboxylic acids is 1. The Kier molecular flexibility index (Phi) is 6.32. The number of ether oxygens (including phenoxy) is 1. The first-order valence-electron chi connectivity index (χ1n) is 7.98. The molecule has 2 aromatic carbocycles. The Balaban J connectivity index is 2.02. The van der Waals surface area contributed by atoms with E-state index in [0.29, 0.717) is 13.0 Å². The van der Waals surface area contributed by atoms with Gasteiger partial charge in [0.1, 0.15) is 0 Å². The summed E-state index contributed by atoms with van der Waals surface area (Å²) >= 11 is 0. The predicted octanol–water partition coefficient (Wildman–Crippen LogP) is 2.48. The van der Waals surface area contributed by atoms with E-state index in [1.807, 2.05) is 42.5 Å². The average Bonchev–Trinajstić information content (AvgIpc) is 2.58. The van der Waals surface area contributed by atoms with Crippen LogP contribution in [0.2, 0.25) is 0 Å². The zero-order valence-electron chi connectivity index (χ0n) is 14.0. The minimum atomic E-state index is -0.914. The molecule has 128 valence electrons. The molecule has 0 aliphatic carbocycles. The van der Waals surface area contributed by atoms with Crippen LogP contribution in [0.3, 0.4) is 0 Å². The van der Waals surface area contributed by atoms with Crippen molar-refractivity contribution in [2.24, 2.45) is 11.8 Å². The summed E-state index contributed by atoms with van der Waals surface area (Å²) in [4.78, 5) is 23.4. The second-order valence-electron chi connectivity index (χ2n) is 6.02. The number of carboxylic acid groups (broad SMARTS) is 1. The number of amides is 1. The lowest BCUT2D eigenvalue weighted by Crippen LogP contribution is -2.37. The van der Waals surface area contributed by atoms with Crippen LogP contribution in [0.25, 0.3) is 10.8 Å². The Bertz CT molecular complexity index is 713. The van der Waals surface area contributed by atoms with Crippen LogP contribution in [0.4, 0.5) is 0 Å². The fourth-order valence-electron chi connectivity index (χ4n) is 2.62. The van der Waals surface area contributed by atoms with Crippen LogP contribution in [0, 0.1) is 11.8 Å². The van der Waals surface area contributed by atoms with Crippen LogP contribution >= 0.6 is 0 Å². The lowest BCUT2D eigenvalue weighted by atomic mass is 9.97. The van der Waals surface area contributed by atoms with E-state index in [0.717, 1.165) is 16.3 Å². The molecule has 0 spiro atoms.